The largest absolute Gasteiger partial charge is 0.336 e. The van der Waals surface area contributed by atoms with E-state index in [2.05, 4.69) is 44.9 Å². The molecule has 7 nitrogen and oxygen atoms in total. The summed E-state index contributed by atoms with van der Waals surface area (Å²) in [4.78, 5) is 19.7. The number of aryl methyl sites for hydroxylation is 1. The number of aromatic nitrogens is 4. The second-order valence-corrected chi connectivity index (χ2v) is 8.31. The summed E-state index contributed by atoms with van der Waals surface area (Å²) in [5.74, 6) is 1.17. The minimum Gasteiger partial charge on any atom is -0.336 e. The van der Waals surface area contributed by atoms with Crippen molar-refractivity contribution in [3.05, 3.63) is 35.7 Å². The van der Waals surface area contributed by atoms with Gasteiger partial charge in [0.05, 0.1) is 5.54 Å². The highest BCUT2D eigenvalue weighted by Crippen LogP contribution is 2.27. The molecule has 1 aliphatic heterocycles. The Morgan fingerprint density at radius 3 is 2.56 bits per heavy atom. The Kier molecular flexibility index (Phi) is 6.37. The topological polar surface area (TPSA) is 68.0 Å². The van der Waals surface area contributed by atoms with Crippen molar-refractivity contribution in [2.24, 2.45) is 7.05 Å². The third kappa shape index (κ3) is 4.19. The summed E-state index contributed by atoms with van der Waals surface area (Å²) in [6.07, 6.45) is 3.69. The zero-order chi connectivity index (χ0) is 19.1. The molecule has 2 aromatic rings. The third-order valence-corrected chi connectivity index (χ3v) is 4.84. The van der Waals surface area contributed by atoms with Gasteiger partial charge in [-0.1, -0.05) is 13.8 Å². The first kappa shape index (κ1) is 21.4. The molecule has 1 amide bonds. The van der Waals surface area contributed by atoms with Crippen molar-refractivity contribution in [1.82, 2.24) is 29.5 Å². The van der Waals surface area contributed by atoms with Gasteiger partial charge in [0.15, 0.2) is 5.69 Å². The van der Waals surface area contributed by atoms with Crippen LogP contribution in [0.1, 0.15) is 68.6 Å². The number of amides is 1. The molecule has 0 radical (unpaired) electrons. The van der Waals surface area contributed by atoms with Crippen LogP contribution in [-0.2, 0) is 12.6 Å². The summed E-state index contributed by atoms with van der Waals surface area (Å²) in [6, 6.07) is 1.87. The van der Waals surface area contributed by atoms with Crippen molar-refractivity contribution >= 4 is 18.3 Å². The second kappa shape index (κ2) is 8.02. The van der Waals surface area contributed by atoms with E-state index >= 15 is 0 Å². The van der Waals surface area contributed by atoms with Gasteiger partial charge in [0, 0.05) is 44.8 Å². The van der Waals surface area contributed by atoms with Gasteiger partial charge in [-0.3, -0.25) is 9.48 Å². The average Bonchev–Trinajstić information content (AvgIpc) is 3.20. The Hall–Kier alpha value is -1.86. The first-order chi connectivity index (χ1) is 12.2. The van der Waals surface area contributed by atoms with Crippen molar-refractivity contribution in [2.45, 2.75) is 52.1 Å². The van der Waals surface area contributed by atoms with Crippen molar-refractivity contribution in [3.63, 3.8) is 0 Å². The monoisotopic (exact) mass is 394 g/mol. The Balaban J connectivity index is 0.00000261. The Bertz CT molecular complexity index is 788. The molecule has 8 heteroatoms. The van der Waals surface area contributed by atoms with E-state index in [4.69, 9.17) is 5.10 Å². The summed E-state index contributed by atoms with van der Waals surface area (Å²) >= 11 is 0. The summed E-state index contributed by atoms with van der Waals surface area (Å²) in [5.41, 5.74) is 1.44. The van der Waals surface area contributed by atoms with Gasteiger partial charge >= 0.3 is 0 Å². The van der Waals surface area contributed by atoms with E-state index in [-0.39, 0.29) is 29.9 Å². The number of piperazine rings is 1. The van der Waals surface area contributed by atoms with Gasteiger partial charge in [-0.25, -0.2) is 4.98 Å². The van der Waals surface area contributed by atoms with E-state index in [1.54, 1.807) is 6.20 Å². The number of carbonyl (C=O) groups is 1. The van der Waals surface area contributed by atoms with Crippen LogP contribution in [0.2, 0.25) is 0 Å². The maximum absolute atomic E-state index is 13.3. The predicted molar refractivity (Wildman–Crippen MR) is 108 cm³/mol. The minimum absolute atomic E-state index is 0. The van der Waals surface area contributed by atoms with E-state index in [0.717, 1.165) is 18.1 Å². The number of nitrogens with zero attached hydrogens (tertiary/aromatic N) is 5. The van der Waals surface area contributed by atoms with Gasteiger partial charge in [0.1, 0.15) is 11.9 Å². The zero-order valence-electron chi connectivity index (χ0n) is 17.1. The van der Waals surface area contributed by atoms with Crippen LogP contribution >= 0.6 is 12.4 Å². The van der Waals surface area contributed by atoms with Gasteiger partial charge < -0.3 is 14.8 Å². The SMILES string of the molecule is CC(C)c1cc(C(=O)N2CCNCC2c2nccn2C)nn1C(C)(C)C.Cl. The molecule has 1 N–H and O–H groups in total. The van der Waals surface area contributed by atoms with Crippen molar-refractivity contribution in [1.29, 1.82) is 0 Å². The summed E-state index contributed by atoms with van der Waals surface area (Å²) in [7, 11) is 1.96. The molecule has 1 unspecified atom stereocenters. The molecule has 2 aromatic heterocycles. The number of rotatable bonds is 3. The number of nitrogens with one attached hydrogen (secondary N) is 1. The van der Waals surface area contributed by atoms with Gasteiger partial charge in [-0.2, -0.15) is 5.10 Å². The summed E-state index contributed by atoms with van der Waals surface area (Å²) in [5, 5.41) is 8.07. The first-order valence-electron chi connectivity index (χ1n) is 9.29. The minimum atomic E-state index is -0.166. The lowest BCUT2D eigenvalue weighted by atomic mass is 10.1. The fraction of sp³-hybridized carbons (Fsp3) is 0.632. The summed E-state index contributed by atoms with van der Waals surface area (Å²) < 4.78 is 3.97. The van der Waals surface area contributed by atoms with E-state index in [1.165, 1.54) is 0 Å². The van der Waals surface area contributed by atoms with Crippen LogP contribution in [0.3, 0.4) is 0 Å². The van der Waals surface area contributed by atoms with Crippen molar-refractivity contribution < 1.29 is 4.79 Å². The second-order valence-electron chi connectivity index (χ2n) is 8.31. The van der Waals surface area contributed by atoms with Crippen LogP contribution in [0.25, 0.3) is 0 Å². The van der Waals surface area contributed by atoms with Gasteiger partial charge in [-0.15, -0.1) is 12.4 Å². The normalized spacial score (nSPS) is 17.9. The molecule has 0 spiro atoms. The molecule has 0 aromatic carbocycles. The number of imidazole rings is 1. The maximum Gasteiger partial charge on any atom is 0.275 e. The molecule has 27 heavy (non-hydrogen) atoms. The standard InChI is InChI=1S/C19H30N6O.ClH/c1-13(2)15-11-14(22-25(15)19(3,4)5)18(26)24-10-7-20-12-16(24)17-21-8-9-23(17)6;/h8-9,11,13,16,20H,7,10,12H2,1-6H3;1H. The van der Waals surface area contributed by atoms with E-state index in [9.17, 15) is 4.79 Å². The number of carbonyl (C=O) groups excluding carboxylic acids is 1. The number of hydrogen-bond donors (Lipinski definition) is 1. The Morgan fingerprint density at radius 1 is 1.33 bits per heavy atom. The van der Waals surface area contributed by atoms with E-state index < -0.39 is 0 Å². The number of halogens is 1. The predicted octanol–water partition coefficient (Wildman–Crippen LogP) is 2.70. The third-order valence-electron chi connectivity index (χ3n) is 4.84. The van der Waals surface area contributed by atoms with Crippen LogP contribution in [0.5, 0.6) is 0 Å². The zero-order valence-corrected chi connectivity index (χ0v) is 17.9. The van der Waals surface area contributed by atoms with E-state index in [1.807, 2.05) is 33.5 Å². The molecule has 1 fully saturated rings. The summed E-state index contributed by atoms with van der Waals surface area (Å²) in [6.45, 7) is 12.7. The molecule has 3 heterocycles. The molecular weight excluding hydrogens is 364 g/mol. The smallest absolute Gasteiger partial charge is 0.275 e. The average molecular weight is 395 g/mol. The molecule has 1 saturated heterocycles. The highest BCUT2D eigenvalue weighted by molar-refractivity contribution is 5.92. The van der Waals surface area contributed by atoms with Crippen molar-refractivity contribution in [2.75, 3.05) is 19.6 Å². The lowest BCUT2D eigenvalue weighted by Gasteiger charge is -2.35. The van der Waals surface area contributed by atoms with Gasteiger partial charge in [0.2, 0.25) is 0 Å². The maximum atomic E-state index is 13.3. The van der Waals surface area contributed by atoms with Gasteiger partial charge in [-0.05, 0) is 32.8 Å². The number of hydrogen-bond acceptors (Lipinski definition) is 4. The Morgan fingerprint density at radius 2 is 2.04 bits per heavy atom. The lowest BCUT2D eigenvalue weighted by Crippen LogP contribution is -2.49. The van der Waals surface area contributed by atoms with Crippen molar-refractivity contribution in [3.8, 4) is 0 Å². The molecule has 1 atom stereocenters. The van der Waals surface area contributed by atoms with Crippen LogP contribution in [-0.4, -0.2) is 49.8 Å². The highest BCUT2D eigenvalue weighted by atomic mass is 35.5. The van der Waals surface area contributed by atoms with Crippen LogP contribution in [0.15, 0.2) is 18.5 Å². The Labute approximate surface area is 167 Å². The molecule has 3 rings (SSSR count). The molecule has 0 saturated carbocycles. The molecular formula is C19H31ClN6O. The van der Waals surface area contributed by atoms with Gasteiger partial charge in [0.25, 0.3) is 5.91 Å². The lowest BCUT2D eigenvalue weighted by molar-refractivity contribution is 0.0613. The molecule has 0 bridgehead atoms. The van der Waals surface area contributed by atoms with Crippen LogP contribution in [0, 0.1) is 0 Å². The van der Waals surface area contributed by atoms with E-state index in [0.29, 0.717) is 24.7 Å². The van der Waals surface area contributed by atoms with Crippen LogP contribution < -0.4 is 5.32 Å². The fourth-order valence-electron chi connectivity index (χ4n) is 3.47. The first-order valence-corrected chi connectivity index (χ1v) is 9.29. The van der Waals surface area contributed by atoms with Crippen LogP contribution in [0.4, 0.5) is 0 Å². The quantitative estimate of drug-likeness (QED) is 0.869. The molecule has 150 valence electrons. The molecule has 1 aliphatic rings. The highest BCUT2D eigenvalue weighted by Gasteiger charge is 2.33. The molecule has 0 aliphatic carbocycles. The fourth-order valence-corrected chi connectivity index (χ4v) is 3.47.